The molecule has 0 aromatic heterocycles. The van der Waals surface area contributed by atoms with Crippen LogP contribution in [0.2, 0.25) is 0 Å². The van der Waals surface area contributed by atoms with Crippen LogP contribution in [0.4, 0.5) is 0 Å². The van der Waals surface area contributed by atoms with Crippen LogP contribution < -0.4 is 0 Å². The Morgan fingerprint density at radius 1 is 0.279 bits per heavy atom. The number of aliphatic hydroxyl groups excluding tert-OH is 1. The van der Waals surface area contributed by atoms with Gasteiger partial charge in [0.1, 0.15) is 19.3 Å². The lowest BCUT2D eigenvalue weighted by atomic mass is 10.0. The highest BCUT2D eigenvalue weighted by Crippen LogP contribution is 2.45. The van der Waals surface area contributed by atoms with E-state index in [-0.39, 0.29) is 25.7 Å². The van der Waals surface area contributed by atoms with E-state index in [1.165, 1.54) is 161 Å². The topological polar surface area (TPSA) is 237 Å². The van der Waals surface area contributed by atoms with Crippen LogP contribution in [0.1, 0.15) is 349 Å². The Balaban J connectivity index is 5.04. The van der Waals surface area contributed by atoms with Gasteiger partial charge in [-0.15, -0.1) is 0 Å². The van der Waals surface area contributed by atoms with E-state index in [1.807, 2.05) is 0 Å². The lowest BCUT2D eigenvalue weighted by Gasteiger charge is -2.21. The molecule has 0 aromatic carbocycles. The maximum absolute atomic E-state index is 13.0. The van der Waals surface area contributed by atoms with Gasteiger partial charge in [-0.05, 0) is 25.7 Å². The molecule has 19 heteroatoms. The Labute approximate surface area is 524 Å². The zero-order chi connectivity index (χ0) is 63.3. The standard InChI is InChI=1S/C67H130O17P2/c1-5-9-13-17-21-24-25-26-27-28-29-30-31-32-33-34-35-36-38-42-46-50-54-67(72)84-63(58-78-65(70)52-48-44-41-37-22-18-14-10-6-2)60-82-86(75,76)80-56-61(68)55-79-85(73,74)81-59-62(57-77-64(69)51-47-43-39-20-16-12-8-4)83-66(71)53-49-45-40-23-19-15-11-7-3/h61-63,68H,5-60H2,1-4H3,(H,73,74)(H,75,76)/t61-,62+,63+/m0/s1. The quantitative estimate of drug-likeness (QED) is 0.0222. The van der Waals surface area contributed by atoms with Gasteiger partial charge in [0.05, 0.1) is 26.4 Å². The van der Waals surface area contributed by atoms with Crippen molar-refractivity contribution in [2.75, 3.05) is 39.6 Å². The summed E-state index contributed by atoms with van der Waals surface area (Å²) in [6.07, 6.45) is 49.1. The van der Waals surface area contributed by atoms with Crippen LogP contribution in [0.5, 0.6) is 0 Å². The largest absolute Gasteiger partial charge is 0.472 e. The number of hydrogen-bond donors (Lipinski definition) is 3. The van der Waals surface area contributed by atoms with Gasteiger partial charge >= 0.3 is 39.5 Å². The number of hydrogen-bond acceptors (Lipinski definition) is 15. The monoisotopic (exact) mass is 1270 g/mol. The molecule has 0 aromatic rings. The second-order valence-electron chi connectivity index (χ2n) is 24.2. The number of unbranched alkanes of at least 4 members (excludes halogenated alkanes) is 42. The third kappa shape index (κ3) is 60.9. The molecule has 0 spiro atoms. The molecule has 0 aliphatic rings. The molecule has 0 amide bonds. The summed E-state index contributed by atoms with van der Waals surface area (Å²) < 4.78 is 67.9. The minimum Gasteiger partial charge on any atom is -0.462 e. The van der Waals surface area contributed by atoms with Gasteiger partial charge in [-0.1, -0.05) is 297 Å². The van der Waals surface area contributed by atoms with Crippen LogP contribution in [0.15, 0.2) is 0 Å². The second-order valence-corrected chi connectivity index (χ2v) is 27.1. The molecule has 2 unspecified atom stereocenters. The third-order valence-electron chi connectivity index (χ3n) is 15.6. The number of ether oxygens (including phenoxy) is 4. The van der Waals surface area contributed by atoms with Crippen molar-refractivity contribution in [2.45, 2.75) is 367 Å². The van der Waals surface area contributed by atoms with E-state index in [4.69, 9.17) is 37.0 Å². The lowest BCUT2D eigenvalue weighted by Crippen LogP contribution is -2.30. The molecule has 0 bridgehead atoms. The predicted octanol–water partition coefficient (Wildman–Crippen LogP) is 19.1. The van der Waals surface area contributed by atoms with Crippen molar-refractivity contribution in [3.8, 4) is 0 Å². The molecule has 17 nitrogen and oxygen atoms in total. The van der Waals surface area contributed by atoms with E-state index in [0.29, 0.717) is 25.7 Å². The van der Waals surface area contributed by atoms with Crippen LogP contribution >= 0.6 is 15.6 Å². The normalized spacial score (nSPS) is 14.1. The van der Waals surface area contributed by atoms with E-state index in [2.05, 4.69) is 27.7 Å². The molecule has 5 atom stereocenters. The van der Waals surface area contributed by atoms with Crippen LogP contribution in [-0.2, 0) is 65.4 Å². The third-order valence-corrected chi connectivity index (χ3v) is 17.5. The van der Waals surface area contributed by atoms with E-state index >= 15 is 0 Å². The number of phosphoric acid groups is 2. The van der Waals surface area contributed by atoms with Crippen LogP contribution in [0.3, 0.4) is 0 Å². The van der Waals surface area contributed by atoms with Gasteiger partial charge in [0.25, 0.3) is 0 Å². The van der Waals surface area contributed by atoms with Gasteiger partial charge in [-0.2, -0.15) is 0 Å². The molecule has 0 heterocycles. The van der Waals surface area contributed by atoms with Gasteiger partial charge in [0, 0.05) is 25.7 Å². The van der Waals surface area contributed by atoms with E-state index in [9.17, 15) is 43.2 Å². The van der Waals surface area contributed by atoms with Crippen molar-refractivity contribution in [2.24, 2.45) is 0 Å². The van der Waals surface area contributed by atoms with E-state index < -0.39 is 97.5 Å². The van der Waals surface area contributed by atoms with Crippen molar-refractivity contribution in [1.29, 1.82) is 0 Å². The fourth-order valence-corrected chi connectivity index (χ4v) is 11.7. The molecule has 0 saturated carbocycles. The summed E-state index contributed by atoms with van der Waals surface area (Å²) in [5.74, 6) is -2.14. The second kappa shape index (κ2) is 61.9. The maximum Gasteiger partial charge on any atom is 0.472 e. The highest BCUT2D eigenvalue weighted by molar-refractivity contribution is 7.47. The highest BCUT2D eigenvalue weighted by Gasteiger charge is 2.30. The summed E-state index contributed by atoms with van der Waals surface area (Å²) in [4.78, 5) is 72.0. The molecule has 510 valence electrons. The first-order chi connectivity index (χ1) is 41.7. The summed E-state index contributed by atoms with van der Waals surface area (Å²) >= 11 is 0. The van der Waals surface area contributed by atoms with Crippen molar-refractivity contribution < 1.29 is 80.2 Å². The molecular formula is C67H130O17P2. The maximum atomic E-state index is 13.0. The zero-order valence-corrected chi connectivity index (χ0v) is 57.1. The summed E-state index contributed by atoms with van der Waals surface area (Å²) in [5, 5.41) is 10.5. The minimum absolute atomic E-state index is 0.105. The van der Waals surface area contributed by atoms with Crippen molar-refractivity contribution in [3.05, 3.63) is 0 Å². The Morgan fingerprint density at radius 3 is 0.686 bits per heavy atom. The number of rotatable bonds is 68. The summed E-state index contributed by atoms with van der Waals surface area (Å²) in [6.45, 7) is 4.82. The number of carbonyl (C=O) groups excluding carboxylic acids is 4. The average molecular weight is 1270 g/mol. The predicted molar refractivity (Wildman–Crippen MR) is 345 cm³/mol. The first-order valence-corrected chi connectivity index (χ1v) is 38.3. The smallest absolute Gasteiger partial charge is 0.462 e. The summed E-state index contributed by atoms with van der Waals surface area (Å²) in [7, 11) is -9.88. The molecule has 3 N–H and O–H groups in total. The Hall–Kier alpha value is -1.94. The van der Waals surface area contributed by atoms with Crippen molar-refractivity contribution in [3.63, 3.8) is 0 Å². The number of carbonyl (C=O) groups is 4. The van der Waals surface area contributed by atoms with Crippen LogP contribution in [0.25, 0.3) is 0 Å². The number of phosphoric ester groups is 2. The fourth-order valence-electron chi connectivity index (χ4n) is 10.2. The molecule has 0 aliphatic carbocycles. The Kier molecular flexibility index (Phi) is 60.5. The van der Waals surface area contributed by atoms with Gasteiger partial charge < -0.3 is 33.8 Å². The molecule has 86 heavy (non-hydrogen) atoms. The number of esters is 4. The minimum atomic E-state index is -4.94. The molecular weight excluding hydrogens is 1140 g/mol. The van der Waals surface area contributed by atoms with E-state index in [0.717, 1.165) is 109 Å². The van der Waals surface area contributed by atoms with Crippen LogP contribution in [0, 0.1) is 0 Å². The Bertz CT molecular complexity index is 1650. The van der Waals surface area contributed by atoms with Crippen LogP contribution in [-0.4, -0.2) is 96.7 Å². The SMILES string of the molecule is CCCCCCCCCCCCCCCCCCCCCCCCC(=O)O[C@H](COC(=O)CCCCCCCCCCC)COP(=O)(O)OC[C@@H](O)COP(=O)(O)OC[C@@H](COC(=O)CCCCCCCCC)OC(=O)CCCCCCCCCC. The highest BCUT2D eigenvalue weighted by atomic mass is 31.2. The van der Waals surface area contributed by atoms with Gasteiger partial charge in [0.2, 0.25) is 0 Å². The lowest BCUT2D eigenvalue weighted by molar-refractivity contribution is -0.161. The molecule has 0 aliphatic heterocycles. The first kappa shape index (κ1) is 84.1. The zero-order valence-electron chi connectivity index (χ0n) is 55.3. The van der Waals surface area contributed by atoms with Crippen molar-refractivity contribution in [1.82, 2.24) is 0 Å². The fraction of sp³-hybridized carbons (Fsp3) is 0.940. The summed E-state index contributed by atoms with van der Waals surface area (Å²) in [5.41, 5.74) is 0. The molecule has 0 saturated heterocycles. The number of aliphatic hydroxyl groups is 1. The first-order valence-electron chi connectivity index (χ1n) is 35.3. The molecule has 0 fully saturated rings. The molecule has 0 radical (unpaired) electrons. The van der Waals surface area contributed by atoms with Gasteiger partial charge in [-0.3, -0.25) is 37.3 Å². The molecule has 0 rings (SSSR count). The van der Waals surface area contributed by atoms with Gasteiger partial charge in [0.15, 0.2) is 12.2 Å². The average Bonchev–Trinajstić information content (AvgIpc) is 3.54. The Morgan fingerprint density at radius 2 is 0.465 bits per heavy atom. The van der Waals surface area contributed by atoms with E-state index in [1.54, 1.807) is 0 Å². The van der Waals surface area contributed by atoms with Crippen molar-refractivity contribution >= 4 is 39.5 Å². The van der Waals surface area contributed by atoms with Gasteiger partial charge in [-0.25, -0.2) is 9.13 Å². The summed E-state index contributed by atoms with van der Waals surface area (Å²) in [6, 6.07) is 0.